The van der Waals surface area contributed by atoms with E-state index in [2.05, 4.69) is 28.7 Å². The second kappa shape index (κ2) is 6.84. The smallest absolute Gasteiger partial charge is 0.244 e. The molecule has 132 valence electrons. The van der Waals surface area contributed by atoms with Crippen LogP contribution in [0.3, 0.4) is 0 Å². The first kappa shape index (κ1) is 16.7. The Kier molecular flexibility index (Phi) is 4.38. The minimum atomic E-state index is -0.557. The summed E-state index contributed by atoms with van der Waals surface area (Å²) in [6, 6.07) is 12.1. The zero-order valence-corrected chi connectivity index (χ0v) is 15.1. The molecule has 26 heavy (non-hydrogen) atoms. The van der Waals surface area contributed by atoms with Gasteiger partial charge in [-0.25, -0.2) is 9.67 Å². The molecule has 1 aromatic carbocycles. The lowest BCUT2D eigenvalue weighted by molar-refractivity contribution is -0.113. The van der Waals surface area contributed by atoms with Gasteiger partial charge in [0.05, 0.1) is 17.4 Å². The number of primary amides is 1. The molecule has 6 nitrogen and oxygen atoms in total. The number of rotatable bonds is 4. The SMILES string of the molecule is NC(=O)/C=C(\S)n1ncc2cc(-c3cccc(N4CCCC4)n3)ccc21. The largest absolute Gasteiger partial charge is 0.366 e. The van der Waals surface area contributed by atoms with Gasteiger partial charge >= 0.3 is 0 Å². The predicted molar refractivity (Wildman–Crippen MR) is 107 cm³/mol. The van der Waals surface area contributed by atoms with Crippen molar-refractivity contribution in [1.29, 1.82) is 0 Å². The molecule has 3 aromatic rings. The van der Waals surface area contributed by atoms with Gasteiger partial charge in [0.2, 0.25) is 5.91 Å². The van der Waals surface area contributed by atoms with Crippen LogP contribution in [0.1, 0.15) is 12.8 Å². The first-order chi connectivity index (χ1) is 12.6. The number of carbonyl (C=O) groups excluding carboxylic acids is 1. The van der Waals surface area contributed by atoms with E-state index < -0.39 is 5.91 Å². The minimum Gasteiger partial charge on any atom is -0.366 e. The average Bonchev–Trinajstić information content (AvgIpc) is 3.30. The standard InChI is InChI=1S/C19H19N5OS/c20-17(25)11-19(26)24-16-7-6-13(10-14(16)12-21-24)15-4-3-5-18(22-15)23-8-1-2-9-23/h3-7,10-12,26H,1-2,8-9H2,(H2,20,25)/b19-11-. The van der Waals surface area contributed by atoms with Gasteiger partial charge in [0, 0.05) is 30.1 Å². The van der Waals surface area contributed by atoms with E-state index in [4.69, 9.17) is 10.7 Å². The fourth-order valence-corrected chi connectivity index (χ4v) is 3.56. The molecule has 4 rings (SSSR count). The van der Waals surface area contributed by atoms with Crippen LogP contribution >= 0.6 is 12.6 Å². The van der Waals surface area contributed by atoms with Crippen LogP contribution in [-0.4, -0.2) is 33.8 Å². The van der Waals surface area contributed by atoms with Crippen LogP contribution in [-0.2, 0) is 4.79 Å². The van der Waals surface area contributed by atoms with E-state index in [1.807, 2.05) is 30.3 Å². The number of pyridine rings is 1. The van der Waals surface area contributed by atoms with Crippen molar-refractivity contribution in [2.24, 2.45) is 5.73 Å². The molecule has 1 amide bonds. The monoisotopic (exact) mass is 365 g/mol. The molecule has 0 bridgehead atoms. The summed E-state index contributed by atoms with van der Waals surface area (Å²) in [4.78, 5) is 18.2. The van der Waals surface area contributed by atoms with E-state index in [9.17, 15) is 4.79 Å². The summed E-state index contributed by atoms with van der Waals surface area (Å²) in [6.07, 6.45) is 5.43. The lowest BCUT2D eigenvalue weighted by Crippen LogP contribution is -2.18. The Morgan fingerprint density at radius 1 is 1.19 bits per heavy atom. The van der Waals surface area contributed by atoms with Gasteiger partial charge in [-0.2, -0.15) is 5.10 Å². The van der Waals surface area contributed by atoms with Gasteiger partial charge < -0.3 is 10.6 Å². The molecule has 2 aromatic heterocycles. The highest BCUT2D eigenvalue weighted by atomic mass is 32.1. The van der Waals surface area contributed by atoms with E-state index in [0.29, 0.717) is 5.03 Å². The molecule has 2 N–H and O–H groups in total. The second-order valence-corrected chi connectivity index (χ2v) is 6.77. The molecule has 0 aliphatic carbocycles. The average molecular weight is 365 g/mol. The maximum absolute atomic E-state index is 11.1. The topological polar surface area (TPSA) is 77.0 Å². The Morgan fingerprint density at radius 2 is 2.00 bits per heavy atom. The number of aromatic nitrogens is 3. The molecule has 0 unspecified atom stereocenters. The number of anilines is 1. The Labute approximate surface area is 156 Å². The van der Waals surface area contributed by atoms with Gasteiger partial charge in [-0.1, -0.05) is 12.1 Å². The van der Waals surface area contributed by atoms with Crippen molar-refractivity contribution in [3.63, 3.8) is 0 Å². The summed E-state index contributed by atoms with van der Waals surface area (Å²) in [5.74, 6) is 0.469. The highest BCUT2D eigenvalue weighted by molar-refractivity contribution is 7.90. The fraction of sp³-hybridized carbons (Fsp3) is 0.211. The van der Waals surface area contributed by atoms with E-state index in [0.717, 1.165) is 41.1 Å². The molecule has 1 saturated heterocycles. The molecule has 0 spiro atoms. The summed E-state index contributed by atoms with van der Waals surface area (Å²) in [5.41, 5.74) is 8.00. The van der Waals surface area contributed by atoms with Crippen molar-refractivity contribution in [2.75, 3.05) is 18.0 Å². The predicted octanol–water partition coefficient (Wildman–Crippen LogP) is 2.91. The fourth-order valence-electron chi connectivity index (χ4n) is 3.27. The van der Waals surface area contributed by atoms with Gasteiger partial charge in [-0.15, -0.1) is 12.6 Å². The zero-order chi connectivity index (χ0) is 18.1. The molecule has 1 aliphatic heterocycles. The van der Waals surface area contributed by atoms with E-state index in [-0.39, 0.29) is 0 Å². The number of nitrogens with zero attached hydrogens (tertiary/aromatic N) is 4. The van der Waals surface area contributed by atoms with Crippen molar-refractivity contribution in [2.45, 2.75) is 12.8 Å². The zero-order valence-electron chi connectivity index (χ0n) is 14.2. The number of thiol groups is 1. The Balaban J connectivity index is 1.70. The maximum Gasteiger partial charge on any atom is 0.244 e. The molecule has 0 atom stereocenters. The first-order valence-electron chi connectivity index (χ1n) is 8.52. The van der Waals surface area contributed by atoms with Crippen molar-refractivity contribution in [3.05, 3.63) is 48.7 Å². The lowest BCUT2D eigenvalue weighted by atomic mass is 10.1. The summed E-state index contributed by atoms with van der Waals surface area (Å²) >= 11 is 4.30. The molecule has 1 aliphatic rings. The molecule has 0 saturated carbocycles. The number of fused-ring (bicyclic) bond motifs is 1. The maximum atomic E-state index is 11.1. The van der Waals surface area contributed by atoms with Gasteiger partial charge in [-0.05, 0) is 37.1 Å². The van der Waals surface area contributed by atoms with E-state index in [1.165, 1.54) is 18.9 Å². The number of hydrogen-bond donors (Lipinski definition) is 2. The van der Waals surface area contributed by atoms with Crippen molar-refractivity contribution < 1.29 is 4.79 Å². The Bertz CT molecular complexity index is 1000. The lowest BCUT2D eigenvalue weighted by Gasteiger charge is -2.17. The number of benzene rings is 1. The molecule has 7 heteroatoms. The van der Waals surface area contributed by atoms with Crippen molar-refractivity contribution in [3.8, 4) is 11.3 Å². The first-order valence-corrected chi connectivity index (χ1v) is 8.97. The van der Waals surface area contributed by atoms with Crippen LogP contribution in [0.5, 0.6) is 0 Å². The number of hydrogen-bond acceptors (Lipinski definition) is 5. The van der Waals surface area contributed by atoms with Crippen LogP contribution in [0.2, 0.25) is 0 Å². The van der Waals surface area contributed by atoms with Gasteiger partial charge in [-0.3, -0.25) is 4.79 Å². The van der Waals surface area contributed by atoms with Crippen molar-refractivity contribution in [1.82, 2.24) is 14.8 Å². The van der Waals surface area contributed by atoms with Crippen LogP contribution < -0.4 is 10.6 Å². The van der Waals surface area contributed by atoms with Crippen LogP contribution in [0.25, 0.3) is 27.2 Å². The Hall–Kier alpha value is -2.80. The second-order valence-electron chi connectivity index (χ2n) is 6.31. The third kappa shape index (κ3) is 3.17. The van der Waals surface area contributed by atoms with Gasteiger partial charge in [0.15, 0.2) is 0 Å². The van der Waals surface area contributed by atoms with E-state index in [1.54, 1.807) is 10.9 Å². The normalized spacial score (nSPS) is 15.0. The van der Waals surface area contributed by atoms with Crippen LogP contribution in [0.4, 0.5) is 5.82 Å². The van der Waals surface area contributed by atoms with Gasteiger partial charge in [0.25, 0.3) is 0 Å². The highest BCUT2D eigenvalue weighted by Crippen LogP contribution is 2.27. The van der Waals surface area contributed by atoms with Crippen molar-refractivity contribution >= 4 is 40.3 Å². The molecular formula is C19H19N5OS. The molecular weight excluding hydrogens is 346 g/mol. The third-order valence-corrected chi connectivity index (χ3v) is 4.84. The van der Waals surface area contributed by atoms with Crippen LogP contribution in [0, 0.1) is 0 Å². The number of carbonyl (C=O) groups is 1. The van der Waals surface area contributed by atoms with Gasteiger partial charge in [0.1, 0.15) is 10.8 Å². The summed E-state index contributed by atoms with van der Waals surface area (Å²) in [5, 5.41) is 5.63. The quantitative estimate of drug-likeness (QED) is 0.550. The third-order valence-electron chi connectivity index (χ3n) is 4.52. The molecule has 1 fully saturated rings. The summed E-state index contributed by atoms with van der Waals surface area (Å²) in [7, 11) is 0. The summed E-state index contributed by atoms with van der Waals surface area (Å²) < 4.78 is 1.58. The number of amides is 1. The highest BCUT2D eigenvalue weighted by Gasteiger charge is 2.14. The number of nitrogens with two attached hydrogens (primary N) is 1. The summed E-state index contributed by atoms with van der Waals surface area (Å²) in [6.45, 7) is 2.14. The Morgan fingerprint density at radius 3 is 2.77 bits per heavy atom. The molecule has 3 heterocycles. The minimum absolute atomic E-state index is 0.384. The molecule has 0 radical (unpaired) electrons. The van der Waals surface area contributed by atoms with E-state index >= 15 is 0 Å². The van der Waals surface area contributed by atoms with Crippen LogP contribution in [0.15, 0.2) is 48.7 Å².